The quantitative estimate of drug-likeness (QED) is 0.631. The van der Waals surface area contributed by atoms with E-state index in [1.807, 2.05) is 6.92 Å². The van der Waals surface area contributed by atoms with Crippen molar-refractivity contribution in [3.8, 4) is 0 Å². The zero-order chi connectivity index (χ0) is 13.9. The van der Waals surface area contributed by atoms with Gasteiger partial charge < -0.3 is 5.73 Å². The molecule has 0 aliphatic rings. The number of sulfonamides is 1. The van der Waals surface area contributed by atoms with E-state index in [2.05, 4.69) is 25.0 Å². The molecule has 0 aromatic carbocycles. The summed E-state index contributed by atoms with van der Waals surface area (Å²) in [7, 11) is -3.65. The third-order valence-electron chi connectivity index (χ3n) is 2.49. The van der Waals surface area contributed by atoms with Crippen LogP contribution in [0.15, 0.2) is 17.4 Å². The van der Waals surface area contributed by atoms with E-state index in [1.165, 1.54) is 17.2 Å². The summed E-state index contributed by atoms with van der Waals surface area (Å²) < 4.78 is 28.0. The molecule has 2 aromatic heterocycles. The minimum atomic E-state index is -3.65. The number of nitrogen functional groups attached to an aromatic ring is 1. The van der Waals surface area contributed by atoms with E-state index in [0.717, 1.165) is 0 Å². The van der Waals surface area contributed by atoms with E-state index < -0.39 is 10.0 Å². The van der Waals surface area contributed by atoms with Crippen LogP contribution in [0.25, 0.3) is 0 Å². The van der Waals surface area contributed by atoms with Gasteiger partial charge in [0.15, 0.2) is 5.82 Å². The molecule has 2 heterocycles. The van der Waals surface area contributed by atoms with Crippen molar-refractivity contribution in [3.63, 3.8) is 0 Å². The van der Waals surface area contributed by atoms with Crippen LogP contribution in [-0.4, -0.2) is 39.9 Å². The predicted molar refractivity (Wildman–Crippen MR) is 67.6 cm³/mol. The van der Waals surface area contributed by atoms with Crippen LogP contribution in [0, 0.1) is 0 Å². The summed E-state index contributed by atoms with van der Waals surface area (Å²) in [6, 6.07) is 0. The highest BCUT2D eigenvalue weighted by Crippen LogP contribution is 2.15. The van der Waals surface area contributed by atoms with Crippen LogP contribution in [0.5, 0.6) is 0 Å². The van der Waals surface area contributed by atoms with Crippen molar-refractivity contribution in [2.45, 2.75) is 24.8 Å². The molecule has 0 aliphatic carbocycles. The Kier molecular flexibility index (Phi) is 3.81. The molecule has 0 bridgehead atoms. The molecule has 0 saturated carbocycles. The first-order valence-electron chi connectivity index (χ1n) is 5.69. The molecule has 4 N–H and O–H groups in total. The van der Waals surface area contributed by atoms with Gasteiger partial charge in [0.05, 0.1) is 0 Å². The lowest BCUT2D eigenvalue weighted by Gasteiger charge is -2.03. The first kappa shape index (κ1) is 13.5. The van der Waals surface area contributed by atoms with Crippen LogP contribution < -0.4 is 10.5 Å². The molecule has 0 spiro atoms. The second kappa shape index (κ2) is 5.36. The molecule has 19 heavy (non-hydrogen) atoms. The van der Waals surface area contributed by atoms with Crippen molar-refractivity contribution in [2.75, 3.05) is 12.3 Å². The van der Waals surface area contributed by atoms with Crippen molar-refractivity contribution >= 4 is 15.8 Å². The van der Waals surface area contributed by atoms with E-state index in [9.17, 15) is 8.42 Å². The second-order valence-corrected chi connectivity index (χ2v) is 5.55. The fourth-order valence-electron chi connectivity index (χ4n) is 1.52. The molecule has 0 atom stereocenters. The zero-order valence-electron chi connectivity index (χ0n) is 10.4. The van der Waals surface area contributed by atoms with Crippen LogP contribution >= 0.6 is 0 Å². The molecule has 2 rings (SSSR count). The number of H-pyrrole nitrogens is 1. The lowest BCUT2D eigenvalue weighted by molar-refractivity contribution is 0.580. The molecule has 0 amide bonds. The molecule has 10 heteroatoms. The summed E-state index contributed by atoms with van der Waals surface area (Å²) in [5, 5.41) is 10.2. The Balaban J connectivity index is 2.03. The minimum Gasteiger partial charge on any atom is -0.381 e. The molecule has 9 nitrogen and oxygen atoms in total. The topological polar surface area (TPSA) is 132 Å². The maximum atomic E-state index is 12.0. The fraction of sp³-hybridized carbons (Fsp3) is 0.444. The Hall–Kier alpha value is -1.94. The summed E-state index contributed by atoms with van der Waals surface area (Å²) in [5.41, 5.74) is 5.59. The first-order chi connectivity index (χ1) is 9.03. The van der Waals surface area contributed by atoms with E-state index in [0.29, 0.717) is 18.8 Å². The van der Waals surface area contributed by atoms with Gasteiger partial charge in [0.1, 0.15) is 17.0 Å². The third-order valence-corrected chi connectivity index (χ3v) is 3.96. The van der Waals surface area contributed by atoms with Crippen LogP contribution in [-0.2, 0) is 23.0 Å². The van der Waals surface area contributed by atoms with Gasteiger partial charge >= 0.3 is 0 Å². The molecule has 0 radical (unpaired) electrons. The van der Waals surface area contributed by atoms with Gasteiger partial charge in [-0.1, -0.05) is 0 Å². The standard InChI is InChI=1S/C9H15N7O2S/c1-2-16-5-7(9(10)15-16)19(17,18)13-4-3-8-11-6-12-14-8/h5-6,13H,2-4H2,1H3,(H2,10,15)(H,11,12,14). The van der Waals surface area contributed by atoms with E-state index >= 15 is 0 Å². The summed E-state index contributed by atoms with van der Waals surface area (Å²) in [6.45, 7) is 2.60. The molecule has 2 aromatic rings. The Morgan fingerprint density at radius 1 is 1.53 bits per heavy atom. The Morgan fingerprint density at radius 3 is 2.89 bits per heavy atom. The molecule has 0 saturated heterocycles. The van der Waals surface area contributed by atoms with Crippen molar-refractivity contribution in [2.24, 2.45) is 0 Å². The van der Waals surface area contributed by atoms with Gasteiger partial charge in [-0.25, -0.2) is 18.1 Å². The maximum Gasteiger partial charge on any atom is 0.245 e. The van der Waals surface area contributed by atoms with Crippen molar-refractivity contribution in [1.29, 1.82) is 0 Å². The predicted octanol–water partition coefficient (Wildman–Crippen LogP) is -0.876. The summed E-state index contributed by atoms with van der Waals surface area (Å²) in [5.74, 6) is 0.606. The van der Waals surface area contributed by atoms with Gasteiger partial charge in [0.2, 0.25) is 10.0 Å². The average molecular weight is 285 g/mol. The smallest absolute Gasteiger partial charge is 0.245 e. The van der Waals surface area contributed by atoms with Gasteiger partial charge in [0.25, 0.3) is 0 Å². The Bertz CT molecular complexity index is 632. The van der Waals surface area contributed by atoms with Crippen LogP contribution in [0.1, 0.15) is 12.7 Å². The zero-order valence-corrected chi connectivity index (χ0v) is 11.2. The third kappa shape index (κ3) is 3.09. The number of hydrogen-bond donors (Lipinski definition) is 3. The van der Waals surface area contributed by atoms with Gasteiger partial charge in [0, 0.05) is 25.7 Å². The maximum absolute atomic E-state index is 12.0. The van der Waals surface area contributed by atoms with Crippen LogP contribution in [0.4, 0.5) is 5.82 Å². The summed E-state index contributed by atoms with van der Waals surface area (Å²) >= 11 is 0. The average Bonchev–Trinajstić information content (AvgIpc) is 2.98. The van der Waals surface area contributed by atoms with Crippen LogP contribution in [0.3, 0.4) is 0 Å². The second-order valence-electron chi connectivity index (χ2n) is 3.81. The van der Waals surface area contributed by atoms with Crippen molar-refractivity contribution in [1.82, 2.24) is 29.7 Å². The van der Waals surface area contributed by atoms with Crippen LogP contribution in [0.2, 0.25) is 0 Å². The van der Waals surface area contributed by atoms with Gasteiger partial charge in [-0.2, -0.15) is 10.2 Å². The lowest BCUT2D eigenvalue weighted by Crippen LogP contribution is -2.26. The molecule has 0 unspecified atom stereocenters. The lowest BCUT2D eigenvalue weighted by atomic mass is 10.4. The fourth-order valence-corrected chi connectivity index (χ4v) is 2.62. The van der Waals surface area contributed by atoms with Gasteiger partial charge in [-0.05, 0) is 6.92 Å². The SMILES string of the molecule is CCn1cc(S(=O)(=O)NCCc2ncn[nH]2)c(N)n1. The number of nitrogens with one attached hydrogen (secondary N) is 2. The highest BCUT2D eigenvalue weighted by molar-refractivity contribution is 7.89. The monoisotopic (exact) mass is 285 g/mol. The number of rotatable bonds is 6. The Labute approximate surface area is 110 Å². The number of nitrogens with two attached hydrogens (primary N) is 1. The molecule has 0 fully saturated rings. The van der Waals surface area contributed by atoms with Crippen molar-refractivity contribution < 1.29 is 8.42 Å². The number of anilines is 1. The molecular formula is C9H15N7O2S. The first-order valence-corrected chi connectivity index (χ1v) is 7.18. The highest BCUT2D eigenvalue weighted by Gasteiger charge is 2.20. The van der Waals surface area contributed by atoms with E-state index in [-0.39, 0.29) is 17.3 Å². The molecule has 0 aliphatic heterocycles. The Morgan fingerprint density at radius 2 is 2.32 bits per heavy atom. The summed E-state index contributed by atoms with van der Waals surface area (Å²) in [4.78, 5) is 3.89. The number of aryl methyl sites for hydroxylation is 1. The van der Waals surface area contributed by atoms with Gasteiger partial charge in [-0.3, -0.25) is 9.78 Å². The molecular weight excluding hydrogens is 270 g/mol. The summed E-state index contributed by atoms with van der Waals surface area (Å²) in [6.07, 6.45) is 3.19. The minimum absolute atomic E-state index is 0.00554. The van der Waals surface area contributed by atoms with E-state index in [4.69, 9.17) is 5.73 Å². The highest BCUT2D eigenvalue weighted by atomic mass is 32.2. The number of aromatic amines is 1. The normalized spacial score (nSPS) is 11.8. The number of hydrogen-bond acceptors (Lipinski definition) is 6. The van der Waals surface area contributed by atoms with Crippen molar-refractivity contribution in [3.05, 3.63) is 18.3 Å². The van der Waals surface area contributed by atoms with Gasteiger partial charge in [-0.15, -0.1) is 0 Å². The number of aromatic nitrogens is 5. The largest absolute Gasteiger partial charge is 0.381 e. The number of nitrogens with zero attached hydrogens (tertiary/aromatic N) is 4. The molecule has 104 valence electrons. The van der Waals surface area contributed by atoms with E-state index in [1.54, 1.807) is 0 Å².